The molecule has 1 aliphatic rings. The van der Waals surface area contributed by atoms with Crippen LogP contribution in [0.1, 0.15) is 23.6 Å². The van der Waals surface area contributed by atoms with E-state index in [1.807, 2.05) is 96.9 Å². The van der Waals surface area contributed by atoms with Crippen molar-refractivity contribution < 1.29 is 9.59 Å². The van der Waals surface area contributed by atoms with Crippen molar-refractivity contribution in [3.63, 3.8) is 0 Å². The lowest BCUT2D eigenvalue weighted by Gasteiger charge is -2.21. The Kier molecular flexibility index (Phi) is 5.48. The molecule has 0 fully saturated rings. The van der Waals surface area contributed by atoms with E-state index in [1.165, 1.54) is 4.90 Å². The zero-order chi connectivity index (χ0) is 21.1. The molecule has 30 heavy (non-hydrogen) atoms. The minimum Gasteiger partial charge on any atom is -0.365 e. The van der Waals surface area contributed by atoms with E-state index in [4.69, 9.17) is 0 Å². The lowest BCUT2D eigenvalue weighted by Crippen LogP contribution is -2.34. The summed E-state index contributed by atoms with van der Waals surface area (Å²) in [7, 11) is 1.86. The van der Waals surface area contributed by atoms with Crippen molar-refractivity contribution in [1.82, 2.24) is 4.90 Å². The third-order valence-electron chi connectivity index (χ3n) is 5.37. The molecule has 3 aromatic rings. The predicted octanol–water partition coefficient (Wildman–Crippen LogP) is 4.67. The third-order valence-corrected chi connectivity index (χ3v) is 5.37. The van der Waals surface area contributed by atoms with Crippen molar-refractivity contribution in [1.29, 1.82) is 0 Å². The van der Waals surface area contributed by atoms with E-state index in [9.17, 15) is 9.59 Å². The molecule has 0 aromatic heterocycles. The number of nitrogens with zero attached hydrogens (tertiary/aromatic N) is 2. The maximum Gasteiger partial charge on any atom is 0.282 e. The fraction of sp³-hybridized carbons (Fsp3) is 0.154. The lowest BCUT2D eigenvalue weighted by atomic mass is 10.0. The number of imide groups is 1. The Labute approximate surface area is 177 Å². The van der Waals surface area contributed by atoms with Gasteiger partial charge in [0.2, 0.25) is 0 Å². The summed E-state index contributed by atoms with van der Waals surface area (Å²) in [5, 5.41) is 0. The molecule has 0 radical (unpaired) electrons. The van der Waals surface area contributed by atoms with E-state index in [0.717, 1.165) is 23.1 Å². The van der Waals surface area contributed by atoms with Gasteiger partial charge < -0.3 is 4.90 Å². The van der Waals surface area contributed by atoms with E-state index in [1.54, 1.807) is 0 Å². The van der Waals surface area contributed by atoms with E-state index >= 15 is 0 Å². The number of hydrogen-bond donors (Lipinski definition) is 0. The highest BCUT2D eigenvalue weighted by Crippen LogP contribution is 2.34. The first kappa shape index (κ1) is 19.6. The summed E-state index contributed by atoms with van der Waals surface area (Å²) >= 11 is 0. The Morgan fingerprint density at radius 1 is 0.733 bits per heavy atom. The zero-order valence-electron chi connectivity index (χ0n) is 17.2. The normalized spacial score (nSPS) is 13.9. The van der Waals surface area contributed by atoms with Gasteiger partial charge >= 0.3 is 0 Å². The largest absolute Gasteiger partial charge is 0.365 e. The van der Waals surface area contributed by atoms with Gasteiger partial charge in [-0.25, -0.2) is 4.90 Å². The number of hydrogen-bond acceptors (Lipinski definition) is 3. The van der Waals surface area contributed by atoms with Crippen LogP contribution < -0.4 is 4.90 Å². The molecule has 4 nitrogen and oxygen atoms in total. The molecule has 0 spiro atoms. The summed E-state index contributed by atoms with van der Waals surface area (Å²) in [4.78, 5) is 30.1. The second-order valence-electron chi connectivity index (χ2n) is 7.40. The van der Waals surface area contributed by atoms with Crippen molar-refractivity contribution in [2.24, 2.45) is 0 Å². The van der Waals surface area contributed by atoms with Gasteiger partial charge in [-0.05, 0) is 35.2 Å². The second kappa shape index (κ2) is 8.37. The molecular formula is C26H24N2O2. The van der Waals surface area contributed by atoms with Crippen LogP contribution in [0.3, 0.4) is 0 Å². The Morgan fingerprint density at radius 2 is 1.33 bits per heavy atom. The van der Waals surface area contributed by atoms with Gasteiger partial charge in [0.1, 0.15) is 5.70 Å². The first-order chi connectivity index (χ1) is 14.6. The van der Waals surface area contributed by atoms with Gasteiger partial charge in [0.15, 0.2) is 0 Å². The van der Waals surface area contributed by atoms with Gasteiger partial charge in [0.25, 0.3) is 11.8 Å². The Morgan fingerprint density at radius 3 is 1.93 bits per heavy atom. The van der Waals surface area contributed by atoms with Gasteiger partial charge in [-0.3, -0.25) is 9.59 Å². The van der Waals surface area contributed by atoms with Crippen LogP contribution in [0.15, 0.2) is 90.6 Å². The number of benzene rings is 3. The van der Waals surface area contributed by atoms with E-state index in [-0.39, 0.29) is 11.8 Å². The zero-order valence-corrected chi connectivity index (χ0v) is 17.2. The van der Waals surface area contributed by atoms with Crippen molar-refractivity contribution in [2.45, 2.75) is 19.9 Å². The highest BCUT2D eigenvalue weighted by atomic mass is 16.2. The van der Waals surface area contributed by atoms with Gasteiger partial charge in [0.05, 0.1) is 11.3 Å². The Bertz CT molecular complexity index is 1090. The number of likely N-dealkylation sites (N-methyl/N-ethyl adjacent to an activating group) is 1. The van der Waals surface area contributed by atoms with Crippen LogP contribution in [0.2, 0.25) is 0 Å². The Hall–Kier alpha value is -3.66. The SMILES string of the molecule is CCc1ccc(N2C(=O)C(c3ccccc3)=C(N(C)Cc3ccccc3)C2=O)cc1. The monoisotopic (exact) mass is 396 g/mol. The Balaban J connectivity index is 1.76. The van der Waals surface area contributed by atoms with E-state index in [0.29, 0.717) is 23.5 Å². The van der Waals surface area contributed by atoms with Crippen molar-refractivity contribution in [3.8, 4) is 0 Å². The standard InChI is InChI=1S/C26H24N2O2/c1-3-19-14-16-22(17-15-19)28-25(29)23(21-12-8-5-9-13-21)24(26(28)30)27(2)18-20-10-6-4-7-11-20/h4-17H,3,18H2,1-2H3. The topological polar surface area (TPSA) is 40.6 Å². The number of carbonyl (C=O) groups is 2. The molecule has 0 saturated heterocycles. The molecule has 0 bridgehead atoms. The van der Waals surface area contributed by atoms with Gasteiger partial charge in [-0.2, -0.15) is 0 Å². The summed E-state index contributed by atoms with van der Waals surface area (Å²) in [6, 6.07) is 27.0. The molecule has 0 saturated carbocycles. The predicted molar refractivity (Wildman–Crippen MR) is 120 cm³/mol. The molecule has 0 N–H and O–H groups in total. The number of rotatable bonds is 6. The molecule has 4 rings (SSSR count). The minimum atomic E-state index is -0.290. The number of amides is 2. The molecule has 0 unspecified atom stereocenters. The van der Waals surface area contributed by atoms with Gasteiger partial charge in [0, 0.05) is 13.6 Å². The molecule has 4 heteroatoms. The highest BCUT2D eigenvalue weighted by molar-refractivity contribution is 6.45. The number of anilines is 1. The maximum absolute atomic E-state index is 13.5. The number of aryl methyl sites for hydroxylation is 1. The molecular weight excluding hydrogens is 372 g/mol. The van der Waals surface area contributed by atoms with Gasteiger partial charge in [-0.1, -0.05) is 79.7 Å². The third kappa shape index (κ3) is 3.64. The van der Waals surface area contributed by atoms with Crippen LogP contribution in [-0.4, -0.2) is 23.8 Å². The number of carbonyl (C=O) groups excluding carboxylic acids is 2. The molecule has 0 atom stereocenters. The van der Waals surface area contributed by atoms with Crippen LogP contribution in [0, 0.1) is 0 Å². The van der Waals surface area contributed by atoms with Crippen LogP contribution in [0.25, 0.3) is 5.57 Å². The second-order valence-corrected chi connectivity index (χ2v) is 7.40. The molecule has 150 valence electrons. The van der Waals surface area contributed by atoms with E-state index < -0.39 is 0 Å². The summed E-state index contributed by atoms with van der Waals surface area (Å²) in [6.45, 7) is 2.61. The lowest BCUT2D eigenvalue weighted by molar-refractivity contribution is -0.120. The van der Waals surface area contributed by atoms with E-state index in [2.05, 4.69) is 6.92 Å². The van der Waals surface area contributed by atoms with Crippen molar-refractivity contribution >= 4 is 23.1 Å². The summed E-state index contributed by atoms with van der Waals surface area (Å²) in [5.41, 5.74) is 4.45. The molecule has 0 aliphatic carbocycles. The van der Waals surface area contributed by atoms with Crippen LogP contribution in [0.5, 0.6) is 0 Å². The van der Waals surface area contributed by atoms with Crippen LogP contribution in [-0.2, 0) is 22.6 Å². The average Bonchev–Trinajstić information content (AvgIpc) is 3.05. The first-order valence-electron chi connectivity index (χ1n) is 10.1. The van der Waals surface area contributed by atoms with Crippen molar-refractivity contribution in [2.75, 3.05) is 11.9 Å². The quantitative estimate of drug-likeness (QED) is 0.569. The molecule has 2 amide bonds. The fourth-order valence-corrected chi connectivity index (χ4v) is 3.79. The first-order valence-corrected chi connectivity index (χ1v) is 10.1. The molecule has 1 aliphatic heterocycles. The highest BCUT2D eigenvalue weighted by Gasteiger charge is 2.41. The average molecular weight is 396 g/mol. The van der Waals surface area contributed by atoms with Crippen LogP contribution in [0.4, 0.5) is 5.69 Å². The maximum atomic E-state index is 13.5. The van der Waals surface area contributed by atoms with Crippen molar-refractivity contribution in [3.05, 3.63) is 107 Å². The summed E-state index contributed by atoms with van der Waals surface area (Å²) in [6.07, 6.45) is 0.904. The smallest absolute Gasteiger partial charge is 0.282 e. The summed E-state index contributed by atoms with van der Waals surface area (Å²) in [5.74, 6) is -0.577. The minimum absolute atomic E-state index is 0.287. The molecule has 1 heterocycles. The van der Waals surface area contributed by atoms with Crippen LogP contribution >= 0.6 is 0 Å². The molecule has 3 aromatic carbocycles. The fourth-order valence-electron chi connectivity index (χ4n) is 3.79. The van der Waals surface area contributed by atoms with Gasteiger partial charge in [-0.15, -0.1) is 0 Å². The summed E-state index contributed by atoms with van der Waals surface area (Å²) < 4.78 is 0.